The Morgan fingerprint density at radius 2 is 1.18 bits per heavy atom. The lowest BCUT2D eigenvalue weighted by Gasteiger charge is -2.40. The monoisotopic (exact) mass is 239 g/mol. The summed E-state index contributed by atoms with van der Waals surface area (Å²) in [4.78, 5) is 2.48. The van der Waals surface area contributed by atoms with Crippen molar-refractivity contribution in [3.63, 3.8) is 0 Å². The second kappa shape index (κ2) is 9.70. The molecule has 17 heavy (non-hydrogen) atoms. The van der Waals surface area contributed by atoms with Crippen LogP contribution in [0.5, 0.6) is 0 Å². The molecule has 1 nitrogen and oxygen atoms in total. The van der Waals surface area contributed by atoms with E-state index in [2.05, 4.69) is 24.1 Å². The molecule has 1 aliphatic heterocycles. The van der Waals surface area contributed by atoms with Crippen molar-refractivity contribution in [1.82, 2.24) is 4.90 Å². The van der Waals surface area contributed by atoms with Gasteiger partial charge in [0.25, 0.3) is 0 Å². The number of allylic oxidation sites excluding steroid dienone is 2. The van der Waals surface area contributed by atoms with Crippen molar-refractivity contribution in [3.05, 3.63) is 12.2 Å². The van der Waals surface area contributed by atoms with E-state index in [0.717, 1.165) is 5.41 Å². The highest BCUT2D eigenvalue weighted by Crippen LogP contribution is 2.41. The molecule has 2 aliphatic rings. The molecule has 0 radical (unpaired) electrons. The molecular formula is C16H33N. The lowest BCUT2D eigenvalue weighted by molar-refractivity contribution is 0.106. The molecule has 0 amide bonds. The Kier molecular flexibility index (Phi) is 9.53. The highest BCUT2D eigenvalue weighted by Gasteiger charge is 2.32. The van der Waals surface area contributed by atoms with E-state index in [1.165, 1.54) is 51.6 Å². The number of hydrogen-bond acceptors (Lipinski definition) is 1. The van der Waals surface area contributed by atoms with Gasteiger partial charge in [-0.1, -0.05) is 39.8 Å². The zero-order valence-corrected chi connectivity index (χ0v) is 12.8. The Hall–Kier alpha value is -0.300. The topological polar surface area (TPSA) is 3.24 Å². The van der Waals surface area contributed by atoms with Gasteiger partial charge in [0.15, 0.2) is 0 Å². The smallest absolute Gasteiger partial charge is 0.00165 e. The second-order valence-electron chi connectivity index (χ2n) is 4.85. The van der Waals surface area contributed by atoms with Crippen LogP contribution in [0.2, 0.25) is 0 Å². The summed E-state index contributed by atoms with van der Waals surface area (Å²) in [6.45, 7) is 10.6. The average Bonchev–Trinajstić information content (AvgIpc) is 2.64. The summed E-state index contributed by atoms with van der Waals surface area (Å²) in [5.74, 6) is 0. The normalized spacial score (nSPS) is 22.9. The average molecular weight is 239 g/mol. The predicted molar refractivity (Wildman–Crippen MR) is 79.5 cm³/mol. The fourth-order valence-corrected chi connectivity index (χ4v) is 2.73. The minimum atomic E-state index is 0.718. The molecule has 0 N–H and O–H groups in total. The minimum Gasteiger partial charge on any atom is -0.306 e. The van der Waals surface area contributed by atoms with Crippen LogP contribution in [-0.2, 0) is 0 Å². The van der Waals surface area contributed by atoms with Gasteiger partial charge < -0.3 is 4.90 Å². The van der Waals surface area contributed by atoms with Crippen LogP contribution in [-0.4, -0.2) is 25.0 Å². The van der Waals surface area contributed by atoms with Crippen LogP contribution in [0.3, 0.4) is 0 Å². The molecule has 1 saturated heterocycles. The second-order valence-corrected chi connectivity index (χ2v) is 4.85. The summed E-state index contributed by atoms with van der Waals surface area (Å²) >= 11 is 0. The Morgan fingerprint density at radius 1 is 0.765 bits per heavy atom. The van der Waals surface area contributed by atoms with Crippen LogP contribution >= 0.6 is 0 Å². The number of likely N-dealkylation sites (tertiary alicyclic amines) is 1. The quantitative estimate of drug-likeness (QED) is 0.545. The van der Waals surface area contributed by atoms with Gasteiger partial charge >= 0.3 is 0 Å². The largest absolute Gasteiger partial charge is 0.306 e. The lowest BCUT2D eigenvalue weighted by Crippen LogP contribution is -2.37. The third-order valence-corrected chi connectivity index (χ3v) is 3.90. The Balaban J connectivity index is 0.000000581. The van der Waals surface area contributed by atoms with Crippen LogP contribution in [0.1, 0.15) is 66.2 Å². The minimum absolute atomic E-state index is 0.718. The SMILES string of the molecule is CC.CC.CN1CCC2(CCC=CCC2)CC1. The van der Waals surface area contributed by atoms with Gasteiger partial charge in [-0.15, -0.1) is 0 Å². The van der Waals surface area contributed by atoms with Crippen LogP contribution in [0.4, 0.5) is 0 Å². The zero-order chi connectivity index (χ0) is 13.1. The molecule has 102 valence electrons. The van der Waals surface area contributed by atoms with Crippen molar-refractivity contribution in [1.29, 1.82) is 0 Å². The number of rotatable bonds is 0. The summed E-state index contributed by atoms with van der Waals surface area (Å²) < 4.78 is 0. The van der Waals surface area contributed by atoms with Crippen LogP contribution in [0, 0.1) is 5.41 Å². The van der Waals surface area contributed by atoms with Crippen LogP contribution in [0.25, 0.3) is 0 Å². The van der Waals surface area contributed by atoms with Gasteiger partial charge in [0, 0.05) is 0 Å². The van der Waals surface area contributed by atoms with E-state index in [4.69, 9.17) is 0 Å². The maximum Gasteiger partial charge on any atom is -0.00165 e. The van der Waals surface area contributed by atoms with E-state index in [0.29, 0.717) is 0 Å². The molecule has 1 fully saturated rings. The summed E-state index contributed by atoms with van der Waals surface area (Å²) in [6.07, 6.45) is 13.2. The first-order valence-corrected chi connectivity index (χ1v) is 7.64. The van der Waals surface area contributed by atoms with Gasteiger partial charge in [-0.3, -0.25) is 0 Å². The van der Waals surface area contributed by atoms with Gasteiger partial charge in [0.05, 0.1) is 0 Å². The third-order valence-electron chi connectivity index (χ3n) is 3.90. The highest BCUT2D eigenvalue weighted by molar-refractivity contribution is 4.95. The van der Waals surface area contributed by atoms with Crippen LogP contribution < -0.4 is 0 Å². The Labute approximate surface area is 109 Å². The summed E-state index contributed by atoms with van der Waals surface area (Å²) in [5.41, 5.74) is 0.718. The molecular weight excluding hydrogens is 206 g/mol. The number of hydrogen-bond donors (Lipinski definition) is 0. The Morgan fingerprint density at radius 3 is 1.59 bits per heavy atom. The molecule has 0 bridgehead atoms. The van der Waals surface area contributed by atoms with E-state index in [-0.39, 0.29) is 0 Å². The van der Waals surface area contributed by atoms with E-state index >= 15 is 0 Å². The van der Waals surface area contributed by atoms with Crippen LogP contribution in [0.15, 0.2) is 12.2 Å². The maximum absolute atomic E-state index is 2.48. The third kappa shape index (κ3) is 5.72. The van der Waals surface area contributed by atoms with Crippen molar-refractivity contribution >= 4 is 0 Å². The van der Waals surface area contributed by atoms with Crippen molar-refractivity contribution in [2.45, 2.75) is 66.2 Å². The van der Waals surface area contributed by atoms with E-state index in [1.54, 1.807) is 0 Å². The molecule has 1 spiro atoms. The molecule has 0 aromatic carbocycles. The van der Waals surface area contributed by atoms with Crippen molar-refractivity contribution in [2.75, 3.05) is 20.1 Å². The molecule has 2 rings (SSSR count). The van der Waals surface area contributed by atoms with Crippen molar-refractivity contribution in [2.24, 2.45) is 5.41 Å². The molecule has 1 aliphatic carbocycles. The molecule has 1 heterocycles. The van der Waals surface area contributed by atoms with Crippen molar-refractivity contribution < 1.29 is 0 Å². The summed E-state index contributed by atoms with van der Waals surface area (Å²) in [6, 6.07) is 0. The fraction of sp³-hybridized carbons (Fsp3) is 0.875. The molecule has 0 aromatic rings. The lowest BCUT2D eigenvalue weighted by atomic mass is 9.72. The van der Waals surface area contributed by atoms with Gasteiger partial charge in [-0.2, -0.15) is 0 Å². The fourth-order valence-electron chi connectivity index (χ4n) is 2.73. The van der Waals surface area contributed by atoms with Gasteiger partial charge in [0.1, 0.15) is 0 Å². The highest BCUT2D eigenvalue weighted by atomic mass is 15.1. The molecule has 0 aromatic heterocycles. The van der Waals surface area contributed by atoms with Gasteiger partial charge in [-0.05, 0) is 64.1 Å². The van der Waals surface area contributed by atoms with E-state index in [1.807, 2.05) is 27.7 Å². The van der Waals surface area contributed by atoms with E-state index in [9.17, 15) is 0 Å². The Bertz CT molecular complexity index is 176. The van der Waals surface area contributed by atoms with Gasteiger partial charge in [-0.25, -0.2) is 0 Å². The zero-order valence-electron chi connectivity index (χ0n) is 12.8. The predicted octanol–water partition coefficient (Wildman–Crippen LogP) is 4.88. The maximum atomic E-state index is 2.48. The number of piperidine rings is 1. The summed E-state index contributed by atoms with van der Waals surface area (Å²) in [7, 11) is 2.25. The standard InChI is InChI=1S/C12H21N.2C2H6/c1-13-10-8-12(9-11-13)6-4-2-3-5-7-12;2*1-2/h2-3H,4-11H2,1H3;2*1-2H3. The molecule has 0 saturated carbocycles. The first-order chi connectivity index (χ1) is 8.31. The molecule has 0 atom stereocenters. The summed E-state index contributed by atoms with van der Waals surface area (Å²) in [5, 5.41) is 0. The molecule has 0 unspecified atom stereocenters. The molecule has 1 heteroatoms. The van der Waals surface area contributed by atoms with Gasteiger partial charge in [0.2, 0.25) is 0 Å². The first kappa shape index (κ1) is 16.7. The first-order valence-electron chi connectivity index (χ1n) is 7.64. The van der Waals surface area contributed by atoms with Crippen molar-refractivity contribution in [3.8, 4) is 0 Å². The van der Waals surface area contributed by atoms with E-state index < -0.39 is 0 Å². The number of nitrogens with zero attached hydrogens (tertiary/aromatic N) is 1.